The maximum atomic E-state index is 10.5. The summed E-state index contributed by atoms with van der Waals surface area (Å²) < 4.78 is 87.0. The van der Waals surface area contributed by atoms with Crippen LogP contribution in [-0.2, 0) is 40.2 Å². The Bertz CT molecular complexity index is 944. The van der Waals surface area contributed by atoms with Gasteiger partial charge in [0.15, 0.2) is 12.2 Å². The maximum absolute atomic E-state index is 10.5. The Labute approximate surface area is 176 Å². The Balaban J connectivity index is -0.000000360. The molecule has 0 bridgehead atoms. The molecule has 2 atom stereocenters. The molecule has 0 saturated heterocycles. The van der Waals surface area contributed by atoms with Crippen LogP contribution in [0.5, 0.6) is 0 Å². The number of benzene rings is 1. The van der Waals surface area contributed by atoms with Gasteiger partial charge >= 0.3 is 22.3 Å². The number of hydrogen-bond donors (Lipinski definition) is 8. The zero-order valence-electron chi connectivity index (χ0n) is 15.5. The van der Waals surface area contributed by atoms with E-state index in [1.807, 2.05) is 6.92 Å². The van der Waals surface area contributed by atoms with Crippen molar-refractivity contribution in [2.24, 2.45) is 0 Å². The van der Waals surface area contributed by atoms with Crippen LogP contribution in [0.3, 0.4) is 0 Å². The molecule has 0 radical (unpaired) electrons. The van der Waals surface area contributed by atoms with Gasteiger partial charge in [-0.3, -0.25) is 18.2 Å². The molecule has 1 aromatic rings. The number of aliphatic carboxylic acids is 2. The van der Waals surface area contributed by atoms with Gasteiger partial charge in [-0.2, -0.15) is 25.3 Å². The van der Waals surface area contributed by atoms with Gasteiger partial charge in [0.25, 0.3) is 20.2 Å². The second-order valence-corrected chi connectivity index (χ2v) is 8.82. The van der Waals surface area contributed by atoms with Crippen LogP contribution in [-0.4, -0.2) is 94.3 Å². The first-order valence-corrected chi connectivity index (χ1v) is 11.6. The number of carboxylic acids is 2. The third-order valence-electron chi connectivity index (χ3n) is 2.12. The summed E-state index contributed by atoms with van der Waals surface area (Å²) in [4.78, 5) is 19.5. The average molecular weight is 516 g/mol. The van der Waals surface area contributed by atoms with E-state index in [2.05, 4.69) is 0 Å². The van der Waals surface area contributed by atoms with Crippen LogP contribution in [0, 0.1) is 6.92 Å². The molecule has 31 heavy (non-hydrogen) atoms. The minimum Gasteiger partial charge on any atom is -0.479 e. The summed E-state index contributed by atoms with van der Waals surface area (Å²) >= 11 is 0. The van der Waals surface area contributed by atoms with Gasteiger partial charge in [0.2, 0.25) is 0 Å². The van der Waals surface area contributed by atoms with E-state index in [1.165, 1.54) is 12.1 Å². The Kier molecular flexibility index (Phi) is 15.0. The number of carboxylic acid groups (broad SMARTS) is 2. The number of rotatable bonds is 4. The molecule has 0 aliphatic carbocycles. The molecule has 0 aliphatic rings. The van der Waals surface area contributed by atoms with Gasteiger partial charge in [-0.25, -0.2) is 9.59 Å². The summed E-state index contributed by atoms with van der Waals surface area (Å²) in [5, 5.41) is 32.5. The highest BCUT2D eigenvalue weighted by Crippen LogP contribution is 2.08. The average Bonchev–Trinajstić information content (AvgIpc) is 2.50. The van der Waals surface area contributed by atoms with Crippen molar-refractivity contribution >= 4 is 42.6 Å². The van der Waals surface area contributed by atoms with Crippen LogP contribution in [0.25, 0.3) is 0 Å². The standard InChI is InChI=1S/C7H8O3S.C4H6O6.CH4O3S.H2O4S/c1-6-2-4-7(5-3-6)11(8,9)10;5-1(3(7)8)2(6)4(9)10;2*1-5(2,3)4/h2-5H,1H3,(H,8,9,10);1-2,5-6H,(H,7,8)(H,9,10);1H3,(H,2,3,4);(H2,1,2,3,4). The highest BCUT2D eigenvalue weighted by molar-refractivity contribution is 7.85. The number of aryl methyl sites for hydroxylation is 1. The zero-order valence-corrected chi connectivity index (χ0v) is 18.0. The van der Waals surface area contributed by atoms with Crippen molar-refractivity contribution < 1.29 is 73.5 Å². The largest absolute Gasteiger partial charge is 0.479 e. The van der Waals surface area contributed by atoms with E-state index in [0.29, 0.717) is 6.26 Å². The Morgan fingerprint density at radius 2 is 0.968 bits per heavy atom. The third-order valence-corrected chi connectivity index (χ3v) is 2.99. The van der Waals surface area contributed by atoms with Crippen molar-refractivity contribution in [2.45, 2.75) is 24.0 Å². The van der Waals surface area contributed by atoms with E-state index < -0.39 is 54.8 Å². The summed E-state index contributed by atoms with van der Waals surface area (Å²) in [6.45, 7) is 1.84. The fourth-order valence-electron chi connectivity index (χ4n) is 0.980. The number of hydrogen-bond acceptors (Lipinski definition) is 10. The first kappa shape index (κ1) is 33.4. The monoisotopic (exact) mass is 516 g/mol. The van der Waals surface area contributed by atoms with E-state index in [0.717, 1.165) is 5.56 Å². The van der Waals surface area contributed by atoms with E-state index in [1.54, 1.807) is 12.1 Å². The Hall–Kier alpha value is -2.23. The van der Waals surface area contributed by atoms with Crippen LogP contribution >= 0.6 is 0 Å². The van der Waals surface area contributed by atoms with Crippen molar-refractivity contribution in [1.29, 1.82) is 0 Å². The number of carbonyl (C=O) groups is 2. The molecule has 0 spiro atoms. The molecular weight excluding hydrogens is 496 g/mol. The maximum Gasteiger partial charge on any atom is 0.394 e. The topological polar surface area (TPSA) is 298 Å². The van der Waals surface area contributed by atoms with Gasteiger partial charge in [0.1, 0.15) is 0 Å². The van der Waals surface area contributed by atoms with Crippen LogP contribution in [0.1, 0.15) is 5.56 Å². The lowest BCUT2D eigenvalue weighted by atomic mass is 10.2. The molecule has 182 valence electrons. The van der Waals surface area contributed by atoms with Gasteiger partial charge in [-0.1, -0.05) is 17.7 Å². The Morgan fingerprint density at radius 3 is 1.13 bits per heavy atom. The first-order chi connectivity index (χ1) is 13.5. The summed E-state index contributed by atoms with van der Waals surface area (Å²) in [5.74, 6) is -3.54. The number of aliphatic hydroxyl groups is 2. The minimum atomic E-state index is -4.67. The highest BCUT2D eigenvalue weighted by atomic mass is 32.3. The number of aliphatic hydroxyl groups excluding tert-OH is 2. The summed E-state index contributed by atoms with van der Waals surface area (Å²) in [7, 11) is -12.4. The van der Waals surface area contributed by atoms with Gasteiger partial charge in [0, 0.05) is 0 Å². The molecule has 1 rings (SSSR count). The van der Waals surface area contributed by atoms with Crippen LogP contribution in [0.2, 0.25) is 0 Å². The van der Waals surface area contributed by atoms with Crippen molar-refractivity contribution in [2.75, 3.05) is 6.26 Å². The van der Waals surface area contributed by atoms with Crippen LogP contribution in [0.15, 0.2) is 29.2 Å². The van der Waals surface area contributed by atoms with Crippen LogP contribution < -0.4 is 0 Å². The second kappa shape index (κ2) is 14.0. The normalized spacial score (nSPS) is 12.9. The van der Waals surface area contributed by atoms with E-state index in [9.17, 15) is 26.4 Å². The molecule has 16 nitrogen and oxygen atoms in total. The molecular formula is C12H20O16S3. The molecule has 0 saturated carbocycles. The van der Waals surface area contributed by atoms with Crippen molar-refractivity contribution in [3.63, 3.8) is 0 Å². The lowest BCUT2D eigenvalue weighted by molar-refractivity contribution is -0.165. The van der Waals surface area contributed by atoms with Crippen molar-refractivity contribution in [1.82, 2.24) is 0 Å². The SMILES string of the molecule is CS(=O)(=O)O.Cc1ccc(S(=O)(=O)O)cc1.O=C(O)C(O)C(O)C(=O)O.O=S(=O)(O)O. The lowest BCUT2D eigenvalue weighted by Gasteiger charge is -2.07. The summed E-state index contributed by atoms with van der Waals surface area (Å²) in [5.41, 5.74) is 0.956. The Morgan fingerprint density at radius 1 is 0.742 bits per heavy atom. The third kappa shape index (κ3) is 27.8. The predicted octanol–water partition coefficient (Wildman–Crippen LogP) is -2.03. The van der Waals surface area contributed by atoms with Crippen LogP contribution in [0.4, 0.5) is 0 Å². The van der Waals surface area contributed by atoms with Gasteiger partial charge in [0.05, 0.1) is 11.2 Å². The van der Waals surface area contributed by atoms with Gasteiger partial charge < -0.3 is 20.4 Å². The quantitative estimate of drug-likeness (QED) is 0.200. The molecule has 8 N–H and O–H groups in total. The fourth-order valence-corrected chi connectivity index (χ4v) is 1.46. The molecule has 2 unspecified atom stereocenters. The fraction of sp³-hybridized carbons (Fsp3) is 0.333. The molecule has 0 amide bonds. The summed E-state index contributed by atoms with van der Waals surface area (Å²) in [6.07, 6.45) is -3.82. The van der Waals surface area contributed by atoms with E-state index in [-0.39, 0.29) is 4.90 Å². The lowest BCUT2D eigenvalue weighted by Crippen LogP contribution is -2.39. The van der Waals surface area contributed by atoms with E-state index in [4.69, 9.17) is 47.1 Å². The molecule has 0 aromatic heterocycles. The molecule has 0 aliphatic heterocycles. The molecule has 19 heteroatoms. The summed E-state index contributed by atoms with van der Waals surface area (Å²) in [6, 6.07) is 5.99. The predicted molar refractivity (Wildman–Crippen MR) is 99.9 cm³/mol. The van der Waals surface area contributed by atoms with Gasteiger partial charge in [-0.05, 0) is 19.1 Å². The molecule has 0 fully saturated rings. The van der Waals surface area contributed by atoms with Gasteiger partial charge in [-0.15, -0.1) is 0 Å². The smallest absolute Gasteiger partial charge is 0.394 e. The van der Waals surface area contributed by atoms with E-state index >= 15 is 0 Å². The highest BCUT2D eigenvalue weighted by Gasteiger charge is 2.29. The second-order valence-electron chi connectivity index (χ2n) is 5.04. The first-order valence-electron chi connectivity index (χ1n) is 6.95. The molecule has 0 heterocycles. The zero-order chi connectivity index (χ0) is 25.8. The molecule has 1 aromatic carbocycles. The van der Waals surface area contributed by atoms with Crippen molar-refractivity contribution in [3.8, 4) is 0 Å². The van der Waals surface area contributed by atoms with Crippen molar-refractivity contribution in [3.05, 3.63) is 29.8 Å². The minimum absolute atomic E-state index is 0.0666.